The van der Waals surface area contributed by atoms with Gasteiger partial charge >= 0.3 is 6.09 Å². The molecule has 1 aromatic carbocycles. The maximum Gasteiger partial charge on any atom is 0.410 e. The van der Waals surface area contributed by atoms with Gasteiger partial charge in [0.25, 0.3) is 0 Å². The Hall–Kier alpha value is -2.68. The first-order valence-electron chi connectivity index (χ1n) is 12.7. The zero-order chi connectivity index (χ0) is 25.2. The number of benzene rings is 1. The van der Waals surface area contributed by atoms with E-state index in [9.17, 15) is 18.8 Å². The first-order chi connectivity index (χ1) is 16.6. The number of halogens is 1. The lowest BCUT2D eigenvalue weighted by atomic mass is 9.90. The van der Waals surface area contributed by atoms with Crippen molar-refractivity contribution in [3.05, 3.63) is 29.6 Å². The van der Waals surface area contributed by atoms with Crippen LogP contribution in [-0.4, -0.2) is 79.1 Å². The molecule has 192 valence electrons. The molecule has 0 saturated carbocycles. The largest absolute Gasteiger partial charge is 0.444 e. The van der Waals surface area contributed by atoms with E-state index in [1.54, 1.807) is 6.07 Å². The van der Waals surface area contributed by atoms with Gasteiger partial charge in [-0.1, -0.05) is 6.07 Å². The quantitative estimate of drug-likeness (QED) is 0.656. The Bertz CT molecular complexity index is 947. The number of carbonyl (C=O) groups excluding carboxylic acids is 3. The highest BCUT2D eigenvalue weighted by molar-refractivity contribution is 6.01. The van der Waals surface area contributed by atoms with Crippen LogP contribution in [0.3, 0.4) is 0 Å². The summed E-state index contributed by atoms with van der Waals surface area (Å²) in [5.41, 5.74) is 0.709. The smallest absolute Gasteiger partial charge is 0.410 e. The fraction of sp³-hybridized carbons (Fsp3) is 0.654. The molecule has 0 spiro atoms. The lowest BCUT2D eigenvalue weighted by Crippen LogP contribution is -2.49. The number of carbonyl (C=O) groups is 3. The van der Waals surface area contributed by atoms with Crippen molar-refractivity contribution in [2.45, 2.75) is 58.0 Å². The third-order valence-electron chi connectivity index (χ3n) is 7.12. The maximum absolute atomic E-state index is 14.9. The average molecular weight is 489 g/mol. The van der Waals surface area contributed by atoms with Crippen LogP contribution in [0.5, 0.6) is 0 Å². The van der Waals surface area contributed by atoms with Gasteiger partial charge in [0.05, 0.1) is 5.92 Å². The van der Waals surface area contributed by atoms with Crippen molar-refractivity contribution in [3.8, 4) is 0 Å². The molecule has 0 aromatic heterocycles. The van der Waals surface area contributed by atoms with Crippen molar-refractivity contribution in [1.82, 2.24) is 15.1 Å². The molecule has 1 atom stereocenters. The molecule has 8 nitrogen and oxygen atoms in total. The van der Waals surface area contributed by atoms with Crippen LogP contribution >= 0.6 is 0 Å². The number of anilines is 1. The van der Waals surface area contributed by atoms with E-state index in [0.29, 0.717) is 17.9 Å². The fourth-order valence-electron chi connectivity index (χ4n) is 5.16. The van der Waals surface area contributed by atoms with E-state index in [0.717, 1.165) is 64.3 Å². The van der Waals surface area contributed by atoms with Crippen LogP contribution in [0.15, 0.2) is 18.2 Å². The highest BCUT2D eigenvalue weighted by atomic mass is 19.1. The van der Waals surface area contributed by atoms with Crippen LogP contribution in [0.25, 0.3) is 0 Å². The minimum atomic E-state index is -0.611. The summed E-state index contributed by atoms with van der Waals surface area (Å²) >= 11 is 0. The monoisotopic (exact) mass is 488 g/mol. The van der Waals surface area contributed by atoms with Crippen LogP contribution < -0.4 is 10.2 Å². The van der Waals surface area contributed by atoms with Gasteiger partial charge in [0.2, 0.25) is 11.8 Å². The Kier molecular flexibility index (Phi) is 7.64. The Morgan fingerprint density at radius 1 is 1.06 bits per heavy atom. The number of hydrogen-bond acceptors (Lipinski definition) is 6. The summed E-state index contributed by atoms with van der Waals surface area (Å²) in [5, 5.41) is 2.30. The first-order valence-corrected chi connectivity index (χ1v) is 12.7. The fourth-order valence-corrected chi connectivity index (χ4v) is 5.16. The van der Waals surface area contributed by atoms with Crippen LogP contribution in [0.1, 0.15) is 57.9 Å². The molecule has 35 heavy (non-hydrogen) atoms. The lowest BCUT2D eigenvalue weighted by Gasteiger charge is -2.39. The summed E-state index contributed by atoms with van der Waals surface area (Å²) in [5.74, 6) is -1.16. The minimum absolute atomic E-state index is 0.222. The minimum Gasteiger partial charge on any atom is -0.444 e. The first kappa shape index (κ1) is 25.4. The lowest BCUT2D eigenvalue weighted by molar-refractivity contribution is -0.134. The number of piperidine rings is 2. The molecule has 0 radical (unpaired) electrons. The predicted octanol–water partition coefficient (Wildman–Crippen LogP) is 3.12. The molecule has 3 saturated heterocycles. The van der Waals surface area contributed by atoms with Gasteiger partial charge in [0, 0.05) is 63.5 Å². The van der Waals surface area contributed by atoms with E-state index in [1.165, 1.54) is 6.07 Å². The molecule has 3 fully saturated rings. The number of ether oxygens (including phenoxy) is 1. The molecule has 3 heterocycles. The summed E-state index contributed by atoms with van der Waals surface area (Å²) in [6, 6.07) is 5.08. The molecular weight excluding hydrogens is 451 g/mol. The van der Waals surface area contributed by atoms with Crippen molar-refractivity contribution in [3.63, 3.8) is 0 Å². The number of nitrogens with one attached hydrogen (secondary N) is 1. The molecule has 4 rings (SSSR count). The van der Waals surface area contributed by atoms with E-state index in [2.05, 4.69) is 15.1 Å². The topological polar surface area (TPSA) is 82.2 Å². The van der Waals surface area contributed by atoms with Gasteiger partial charge in [-0.05, 0) is 58.1 Å². The highest BCUT2D eigenvalue weighted by Gasteiger charge is 2.31. The molecule has 3 aliphatic heterocycles. The summed E-state index contributed by atoms with van der Waals surface area (Å²) in [7, 11) is 0. The number of imide groups is 1. The van der Waals surface area contributed by atoms with Crippen molar-refractivity contribution < 1.29 is 23.5 Å². The van der Waals surface area contributed by atoms with Crippen molar-refractivity contribution in [2.24, 2.45) is 5.92 Å². The summed E-state index contributed by atoms with van der Waals surface area (Å²) in [4.78, 5) is 42.2. The second kappa shape index (κ2) is 10.5. The highest BCUT2D eigenvalue weighted by Crippen LogP contribution is 2.30. The van der Waals surface area contributed by atoms with Crippen LogP contribution in [-0.2, 0) is 14.3 Å². The normalized spacial score (nSPS) is 22.8. The molecule has 0 aliphatic carbocycles. The van der Waals surface area contributed by atoms with Gasteiger partial charge < -0.3 is 14.5 Å². The number of amides is 3. The van der Waals surface area contributed by atoms with E-state index in [4.69, 9.17) is 4.74 Å². The Morgan fingerprint density at radius 3 is 2.34 bits per heavy atom. The van der Waals surface area contributed by atoms with Crippen LogP contribution in [0, 0.1) is 11.7 Å². The van der Waals surface area contributed by atoms with E-state index in [1.807, 2.05) is 31.7 Å². The molecule has 3 amide bonds. The van der Waals surface area contributed by atoms with Gasteiger partial charge in [-0.3, -0.25) is 19.8 Å². The zero-order valence-corrected chi connectivity index (χ0v) is 21.0. The third kappa shape index (κ3) is 6.51. The molecular formula is C26H37FN4O4. The third-order valence-corrected chi connectivity index (χ3v) is 7.12. The van der Waals surface area contributed by atoms with Gasteiger partial charge in [-0.25, -0.2) is 9.18 Å². The van der Waals surface area contributed by atoms with Gasteiger partial charge in [-0.2, -0.15) is 0 Å². The molecule has 1 N–H and O–H groups in total. The van der Waals surface area contributed by atoms with Crippen molar-refractivity contribution in [2.75, 3.05) is 50.7 Å². The number of piperazine rings is 1. The number of hydrogen-bond donors (Lipinski definition) is 1. The number of rotatable bonds is 4. The molecule has 1 unspecified atom stereocenters. The van der Waals surface area contributed by atoms with Crippen molar-refractivity contribution in [1.29, 1.82) is 0 Å². The Morgan fingerprint density at radius 2 is 1.74 bits per heavy atom. The summed E-state index contributed by atoms with van der Waals surface area (Å²) in [6.07, 6.45) is 2.31. The van der Waals surface area contributed by atoms with Crippen LogP contribution in [0.4, 0.5) is 14.9 Å². The standard InChI is InChI=1S/C26H37FN4O4/c1-26(2,3)35-25(34)31-10-8-18(9-11-31)17-29-12-14-30(15-13-29)19-4-5-20(22(27)16-19)21-6-7-23(32)28-24(21)33/h4-5,16,18,21H,6-15,17H2,1-3H3,(H,28,32,33). The van der Waals surface area contributed by atoms with E-state index in [-0.39, 0.29) is 18.4 Å². The zero-order valence-electron chi connectivity index (χ0n) is 21.0. The Balaban J connectivity index is 1.24. The van der Waals surface area contributed by atoms with E-state index < -0.39 is 23.2 Å². The molecule has 1 aromatic rings. The second-order valence-corrected chi connectivity index (χ2v) is 10.9. The summed E-state index contributed by atoms with van der Waals surface area (Å²) in [6.45, 7) is 11.6. The predicted molar refractivity (Wildman–Crippen MR) is 131 cm³/mol. The SMILES string of the molecule is CC(C)(C)OC(=O)N1CCC(CN2CCN(c3ccc(C4CCC(=O)NC4=O)c(F)c3)CC2)CC1. The molecule has 3 aliphatic rings. The van der Waals surface area contributed by atoms with Crippen LogP contribution in [0.2, 0.25) is 0 Å². The number of nitrogens with zero attached hydrogens (tertiary/aromatic N) is 3. The van der Waals surface area contributed by atoms with E-state index >= 15 is 0 Å². The summed E-state index contributed by atoms with van der Waals surface area (Å²) < 4.78 is 20.4. The average Bonchev–Trinajstić information content (AvgIpc) is 2.79. The van der Waals surface area contributed by atoms with Crippen molar-refractivity contribution >= 4 is 23.6 Å². The molecule has 0 bridgehead atoms. The maximum atomic E-state index is 14.9. The number of likely N-dealkylation sites (tertiary alicyclic amines) is 1. The van der Waals surface area contributed by atoms with Gasteiger partial charge in [-0.15, -0.1) is 0 Å². The van der Waals surface area contributed by atoms with Gasteiger partial charge in [0.1, 0.15) is 11.4 Å². The van der Waals surface area contributed by atoms with Gasteiger partial charge in [0.15, 0.2) is 0 Å². The second-order valence-electron chi connectivity index (χ2n) is 10.9. The Labute approximate surface area is 206 Å². The molecule has 9 heteroatoms.